The summed E-state index contributed by atoms with van der Waals surface area (Å²) in [6.45, 7) is 2.27. The van der Waals surface area contributed by atoms with Crippen LogP contribution in [0.2, 0.25) is 0 Å². The highest BCUT2D eigenvalue weighted by Gasteiger charge is 2.24. The lowest BCUT2D eigenvalue weighted by molar-refractivity contribution is 0.100. The lowest BCUT2D eigenvalue weighted by Crippen LogP contribution is -2.35. The van der Waals surface area contributed by atoms with Crippen LogP contribution in [0, 0.1) is 5.92 Å². The highest BCUT2D eigenvalue weighted by atomic mass is 16.1. The molecule has 1 saturated carbocycles. The third-order valence-electron chi connectivity index (χ3n) is 4.67. The van der Waals surface area contributed by atoms with E-state index in [9.17, 15) is 4.79 Å². The highest BCUT2D eigenvalue weighted by molar-refractivity contribution is 6.00. The summed E-state index contributed by atoms with van der Waals surface area (Å²) < 4.78 is 0. The van der Waals surface area contributed by atoms with E-state index in [0.29, 0.717) is 17.3 Å². The molecule has 1 aliphatic rings. The van der Waals surface area contributed by atoms with Crippen molar-refractivity contribution in [2.24, 2.45) is 11.7 Å². The van der Waals surface area contributed by atoms with Gasteiger partial charge in [-0.1, -0.05) is 19.4 Å². The Morgan fingerprint density at radius 3 is 2.50 bits per heavy atom. The maximum Gasteiger partial charge on any atom is 0.250 e. The molecule has 0 atom stereocenters. The smallest absolute Gasteiger partial charge is 0.250 e. The van der Waals surface area contributed by atoms with Crippen molar-refractivity contribution in [3.05, 3.63) is 23.8 Å². The van der Waals surface area contributed by atoms with Crippen molar-refractivity contribution in [1.29, 1.82) is 0 Å². The van der Waals surface area contributed by atoms with Gasteiger partial charge in [-0.05, 0) is 43.7 Å². The van der Waals surface area contributed by atoms with E-state index in [1.807, 2.05) is 12.1 Å². The number of benzene rings is 1. The molecule has 4 nitrogen and oxygen atoms in total. The summed E-state index contributed by atoms with van der Waals surface area (Å²) in [4.78, 5) is 13.6. The van der Waals surface area contributed by atoms with Gasteiger partial charge in [-0.2, -0.15) is 0 Å². The molecule has 0 spiro atoms. The van der Waals surface area contributed by atoms with Crippen LogP contribution in [0.3, 0.4) is 0 Å². The SMILES string of the molecule is CCC1CCC(N(C)c2cccc(C(N)=O)c2N)CC1. The van der Waals surface area contributed by atoms with Gasteiger partial charge in [-0.15, -0.1) is 0 Å². The predicted octanol–water partition coefficient (Wildman–Crippen LogP) is 2.77. The number of nitrogens with zero attached hydrogens (tertiary/aromatic N) is 1. The predicted molar refractivity (Wildman–Crippen MR) is 83.8 cm³/mol. The quantitative estimate of drug-likeness (QED) is 0.830. The molecule has 0 aromatic heterocycles. The molecule has 0 saturated heterocycles. The topological polar surface area (TPSA) is 72.3 Å². The number of rotatable bonds is 4. The molecule has 0 unspecified atom stereocenters. The molecule has 4 N–H and O–H groups in total. The molecule has 0 bridgehead atoms. The number of nitrogens with two attached hydrogens (primary N) is 2. The van der Waals surface area contributed by atoms with E-state index >= 15 is 0 Å². The minimum Gasteiger partial charge on any atom is -0.396 e. The zero-order valence-corrected chi connectivity index (χ0v) is 12.4. The largest absolute Gasteiger partial charge is 0.396 e. The number of carbonyl (C=O) groups is 1. The molecule has 1 amide bonds. The lowest BCUT2D eigenvalue weighted by Gasteiger charge is -2.36. The zero-order valence-electron chi connectivity index (χ0n) is 12.4. The second-order valence-electron chi connectivity index (χ2n) is 5.80. The van der Waals surface area contributed by atoms with E-state index in [4.69, 9.17) is 11.5 Å². The number of amides is 1. The molecular weight excluding hydrogens is 250 g/mol. The first-order chi connectivity index (χ1) is 9.54. The fourth-order valence-electron chi connectivity index (χ4n) is 3.21. The van der Waals surface area contributed by atoms with Gasteiger partial charge in [0.1, 0.15) is 0 Å². The van der Waals surface area contributed by atoms with Crippen molar-refractivity contribution in [2.45, 2.75) is 45.1 Å². The van der Waals surface area contributed by atoms with Crippen LogP contribution in [0.25, 0.3) is 0 Å². The monoisotopic (exact) mass is 275 g/mol. The first kappa shape index (κ1) is 14.7. The standard InChI is InChI=1S/C16H25N3O/c1-3-11-7-9-12(10-8-11)19(2)14-6-4-5-13(15(14)17)16(18)20/h4-6,11-12H,3,7-10,17H2,1-2H3,(H2,18,20). The fraction of sp³-hybridized carbons (Fsp3) is 0.562. The maximum absolute atomic E-state index is 11.4. The Hall–Kier alpha value is -1.71. The Labute approximate surface area is 121 Å². The molecule has 1 aromatic rings. The Kier molecular flexibility index (Phi) is 4.53. The fourth-order valence-corrected chi connectivity index (χ4v) is 3.21. The number of hydrogen-bond donors (Lipinski definition) is 2. The summed E-state index contributed by atoms with van der Waals surface area (Å²) in [5.41, 5.74) is 13.3. The Morgan fingerprint density at radius 2 is 1.95 bits per heavy atom. The minimum atomic E-state index is -0.465. The van der Waals surface area contributed by atoms with Crippen molar-refractivity contribution in [3.8, 4) is 0 Å². The normalized spacial score (nSPS) is 22.5. The van der Waals surface area contributed by atoms with Crippen LogP contribution in [0.5, 0.6) is 0 Å². The van der Waals surface area contributed by atoms with E-state index in [0.717, 1.165) is 11.6 Å². The summed E-state index contributed by atoms with van der Waals surface area (Å²) in [7, 11) is 2.06. The van der Waals surface area contributed by atoms with Crippen LogP contribution in [0.1, 0.15) is 49.4 Å². The molecule has 20 heavy (non-hydrogen) atoms. The first-order valence-corrected chi connectivity index (χ1v) is 7.45. The van der Waals surface area contributed by atoms with Crippen molar-refractivity contribution in [3.63, 3.8) is 0 Å². The van der Waals surface area contributed by atoms with E-state index in [1.54, 1.807) is 6.07 Å². The van der Waals surface area contributed by atoms with Gasteiger partial charge >= 0.3 is 0 Å². The second kappa shape index (κ2) is 6.16. The van der Waals surface area contributed by atoms with Crippen LogP contribution in [0.4, 0.5) is 11.4 Å². The van der Waals surface area contributed by atoms with Gasteiger partial charge in [0.05, 0.1) is 16.9 Å². The molecular formula is C16H25N3O. The number of nitrogen functional groups attached to an aromatic ring is 1. The minimum absolute atomic E-state index is 0.414. The highest BCUT2D eigenvalue weighted by Crippen LogP contribution is 2.34. The van der Waals surface area contributed by atoms with Gasteiger partial charge < -0.3 is 16.4 Å². The van der Waals surface area contributed by atoms with Crippen molar-refractivity contribution in [2.75, 3.05) is 17.7 Å². The van der Waals surface area contributed by atoms with Crippen LogP contribution < -0.4 is 16.4 Å². The zero-order chi connectivity index (χ0) is 14.7. The Bertz CT molecular complexity index is 479. The first-order valence-electron chi connectivity index (χ1n) is 7.45. The van der Waals surface area contributed by atoms with Crippen molar-refractivity contribution >= 4 is 17.3 Å². The summed E-state index contributed by atoms with van der Waals surface area (Å²) in [5.74, 6) is 0.404. The molecule has 1 aliphatic carbocycles. The van der Waals surface area contributed by atoms with E-state index < -0.39 is 5.91 Å². The van der Waals surface area contributed by atoms with Gasteiger partial charge in [0.25, 0.3) is 5.91 Å². The molecule has 2 rings (SSSR count). The maximum atomic E-state index is 11.4. The lowest BCUT2D eigenvalue weighted by atomic mass is 9.84. The number of carbonyl (C=O) groups excluding carboxylic acids is 1. The van der Waals surface area contributed by atoms with Gasteiger partial charge in [0, 0.05) is 13.1 Å². The Balaban J connectivity index is 2.15. The molecule has 4 heteroatoms. The number of hydrogen-bond acceptors (Lipinski definition) is 3. The summed E-state index contributed by atoms with van der Waals surface area (Å²) >= 11 is 0. The molecule has 0 aliphatic heterocycles. The van der Waals surface area contributed by atoms with Gasteiger partial charge in [0.2, 0.25) is 0 Å². The van der Waals surface area contributed by atoms with E-state index in [2.05, 4.69) is 18.9 Å². The van der Waals surface area contributed by atoms with Gasteiger partial charge in [-0.3, -0.25) is 4.79 Å². The van der Waals surface area contributed by atoms with E-state index in [-0.39, 0.29) is 0 Å². The average Bonchev–Trinajstić information content (AvgIpc) is 2.46. The van der Waals surface area contributed by atoms with Crippen LogP contribution >= 0.6 is 0 Å². The Morgan fingerprint density at radius 1 is 1.30 bits per heavy atom. The van der Waals surface area contributed by atoms with Crippen LogP contribution in [-0.4, -0.2) is 19.0 Å². The number of para-hydroxylation sites is 1. The molecule has 0 heterocycles. The summed E-state index contributed by atoms with van der Waals surface area (Å²) in [6.07, 6.45) is 6.21. The molecule has 110 valence electrons. The summed E-state index contributed by atoms with van der Waals surface area (Å²) in [5, 5.41) is 0. The average molecular weight is 275 g/mol. The van der Waals surface area contributed by atoms with Crippen LogP contribution in [-0.2, 0) is 0 Å². The number of anilines is 2. The third kappa shape index (κ3) is 2.89. The van der Waals surface area contributed by atoms with Gasteiger partial charge in [0.15, 0.2) is 0 Å². The summed E-state index contributed by atoms with van der Waals surface area (Å²) in [6, 6.07) is 6.00. The second-order valence-corrected chi connectivity index (χ2v) is 5.80. The van der Waals surface area contributed by atoms with Crippen molar-refractivity contribution < 1.29 is 4.79 Å². The van der Waals surface area contributed by atoms with Crippen molar-refractivity contribution in [1.82, 2.24) is 0 Å². The molecule has 0 radical (unpaired) electrons. The van der Waals surface area contributed by atoms with E-state index in [1.165, 1.54) is 32.1 Å². The third-order valence-corrected chi connectivity index (χ3v) is 4.67. The van der Waals surface area contributed by atoms with Gasteiger partial charge in [-0.25, -0.2) is 0 Å². The van der Waals surface area contributed by atoms with Crippen LogP contribution in [0.15, 0.2) is 18.2 Å². The molecule has 1 aromatic carbocycles. The number of primary amides is 1. The molecule has 1 fully saturated rings.